The number of ether oxygens (including phenoxy) is 3. The summed E-state index contributed by atoms with van der Waals surface area (Å²) in [7, 11) is 0. The Bertz CT molecular complexity index is 387. The van der Waals surface area contributed by atoms with Crippen molar-refractivity contribution in [2.24, 2.45) is 0 Å². The van der Waals surface area contributed by atoms with Crippen LogP contribution < -0.4 is 0 Å². The number of hydrogen-bond donors (Lipinski definition) is 0. The standard InChI is InChI=1S/C13H19NO4/c1-10-8-12(18-14-10)9-15-11-2-4-13(5-3-11)16-6-7-17-13/h8,11H,2-7,9H2,1H3. The molecule has 0 atom stereocenters. The van der Waals surface area contributed by atoms with Gasteiger partial charge in [-0.2, -0.15) is 0 Å². The fourth-order valence-corrected chi connectivity index (χ4v) is 2.67. The Hall–Kier alpha value is -0.910. The molecule has 0 amide bonds. The first kappa shape index (κ1) is 12.1. The van der Waals surface area contributed by atoms with Crippen molar-refractivity contribution in [3.8, 4) is 0 Å². The maximum Gasteiger partial charge on any atom is 0.168 e. The molecule has 2 heterocycles. The Balaban J connectivity index is 1.45. The molecule has 18 heavy (non-hydrogen) atoms. The van der Waals surface area contributed by atoms with Crippen LogP contribution in [0.3, 0.4) is 0 Å². The molecule has 5 heteroatoms. The quantitative estimate of drug-likeness (QED) is 0.826. The van der Waals surface area contributed by atoms with Crippen LogP contribution in [0.15, 0.2) is 10.6 Å². The average Bonchev–Trinajstić information content (AvgIpc) is 2.99. The summed E-state index contributed by atoms with van der Waals surface area (Å²) in [6, 6.07) is 1.91. The maximum absolute atomic E-state index is 5.84. The normalized spacial score (nSPS) is 23.8. The van der Waals surface area contributed by atoms with Gasteiger partial charge in [-0.15, -0.1) is 0 Å². The monoisotopic (exact) mass is 253 g/mol. The third kappa shape index (κ3) is 2.58. The number of aromatic nitrogens is 1. The highest BCUT2D eigenvalue weighted by molar-refractivity contribution is 5.01. The predicted molar refractivity (Wildman–Crippen MR) is 62.9 cm³/mol. The molecule has 0 radical (unpaired) electrons. The van der Waals surface area contributed by atoms with Crippen molar-refractivity contribution in [2.45, 2.75) is 51.1 Å². The zero-order chi connectivity index (χ0) is 12.4. The minimum absolute atomic E-state index is 0.272. The molecule has 5 nitrogen and oxygen atoms in total. The van der Waals surface area contributed by atoms with Gasteiger partial charge in [-0.05, 0) is 19.8 Å². The molecule has 0 aromatic carbocycles. The van der Waals surface area contributed by atoms with E-state index < -0.39 is 0 Å². The Morgan fingerprint density at radius 1 is 1.33 bits per heavy atom. The molecule has 0 N–H and O–H groups in total. The van der Waals surface area contributed by atoms with Crippen LogP contribution in [-0.2, 0) is 20.8 Å². The van der Waals surface area contributed by atoms with Gasteiger partial charge in [-0.3, -0.25) is 0 Å². The largest absolute Gasteiger partial charge is 0.370 e. The molecule has 1 spiro atoms. The summed E-state index contributed by atoms with van der Waals surface area (Å²) >= 11 is 0. The van der Waals surface area contributed by atoms with E-state index in [2.05, 4.69) is 5.16 Å². The number of hydrogen-bond acceptors (Lipinski definition) is 5. The summed E-state index contributed by atoms with van der Waals surface area (Å²) in [6.07, 6.45) is 4.08. The fraction of sp³-hybridized carbons (Fsp3) is 0.769. The van der Waals surface area contributed by atoms with Crippen molar-refractivity contribution in [3.05, 3.63) is 17.5 Å². The van der Waals surface area contributed by atoms with E-state index in [4.69, 9.17) is 18.7 Å². The lowest BCUT2D eigenvalue weighted by Gasteiger charge is -2.35. The Morgan fingerprint density at radius 2 is 2.06 bits per heavy atom. The number of aryl methyl sites for hydroxylation is 1. The van der Waals surface area contributed by atoms with E-state index >= 15 is 0 Å². The first-order chi connectivity index (χ1) is 8.76. The maximum atomic E-state index is 5.84. The third-order valence-corrected chi connectivity index (χ3v) is 3.65. The molecule has 1 aliphatic carbocycles. The molecule has 3 rings (SSSR count). The summed E-state index contributed by atoms with van der Waals surface area (Å²) < 4.78 is 22.3. The SMILES string of the molecule is Cc1cc(COC2CCC3(CC2)OCCO3)on1. The first-order valence-corrected chi connectivity index (χ1v) is 6.57. The molecule has 1 aromatic rings. The smallest absolute Gasteiger partial charge is 0.168 e. The molecule has 2 aliphatic rings. The fourth-order valence-electron chi connectivity index (χ4n) is 2.67. The van der Waals surface area contributed by atoms with E-state index in [1.54, 1.807) is 0 Å². The Morgan fingerprint density at radius 3 is 2.67 bits per heavy atom. The van der Waals surface area contributed by atoms with Gasteiger partial charge in [0.1, 0.15) is 6.61 Å². The molecule has 1 saturated heterocycles. The van der Waals surface area contributed by atoms with Crippen LogP contribution in [0.4, 0.5) is 0 Å². The first-order valence-electron chi connectivity index (χ1n) is 6.57. The van der Waals surface area contributed by atoms with Crippen molar-refractivity contribution < 1.29 is 18.7 Å². The topological polar surface area (TPSA) is 53.7 Å². The van der Waals surface area contributed by atoms with E-state index in [1.807, 2.05) is 13.0 Å². The van der Waals surface area contributed by atoms with Crippen LogP contribution in [0.25, 0.3) is 0 Å². The molecule has 0 bridgehead atoms. The van der Waals surface area contributed by atoms with Gasteiger partial charge in [0.15, 0.2) is 11.5 Å². The second-order valence-electron chi connectivity index (χ2n) is 5.05. The molecule has 1 aromatic heterocycles. The summed E-state index contributed by atoms with van der Waals surface area (Å²) in [5.74, 6) is 0.490. The molecular formula is C13H19NO4. The van der Waals surface area contributed by atoms with Crippen LogP contribution in [-0.4, -0.2) is 30.3 Å². The highest BCUT2D eigenvalue weighted by atomic mass is 16.7. The van der Waals surface area contributed by atoms with Crippen LogP contribution in [0.2, 0.25) is 0 Å². The lowest BCUT2D eigenvalue weighted by atomic mass is 9.92. The van der Waals surface area contributed by atoms with Crippen LogP contribution in [0, 0.1) is 6.92 Å². The van der Waals surface area contributed by atoms with Gasteiger partial charge in [0.2, 0.25) is 0 Å². The molecule has 1 aliphatic heterocycles. The zero-order valence-corrected chi connectivity index (χ0v) is 10.7. The highest BCUT2D eigenvalue weighted by Gasteiger charge is 2.40. The second-order valence-corrected chi connectivity index (χ2v) is 5.05. The average molecular weight is 253 g/mol. The molecular weight excluding hydrogens is 234 g/mol. The van der Waals surface area contributed by atoms with Gasteiger partial charge in [0, 0.05) is 18.9 Å². The summed E-state index contributed by atoms with van der Waals surface area (Å²) in [6.45, 7) is 3.86. The van der Waals surface area contributed by atoms with E-state index in [0.29, 0.717) is 6.61 Å². The summed E-state index contributed by atoms with van der Waals surface area (Å²) in [5, 5.41) is 3.84. The van der Waals surface area contributed by atoms with E-state index in [9.17, 15) is 0 Å². The Kier molecular flexibility index (Phi) is 3.37. The lowest BCUT2D eigenvalue weighted by molar-refractivity contribution is -0.193. The van der Waals surface area contributed by atoms with Crippen molar-refractivity contribution in [2.75, 3.05) is 13.2 Å². The van der Waals surface area contributed by atoms with Crippen LogP contribution >= 0.6 is 0 Å². The van der Waals surface area contributed by atoms with Crippen molar-refractivity contribution in [3.63, 3.8) is 0 Å². The van der Waals surface area contributed by atoms with E-state index in [-0.39, 0.29) is 11.9 Å². The van der Waals surface area contributed by atoms with Gasteiger partial charge in [-0.25, -0.2) is 0 Å². The van der Waals surface area contributed by atoms with Gasteiger partial charge in [-0.1, -0.05) is 5.16 Å². The zero-order valence-electron chi connectivity index (χ0n) is 10.7. The van der Waals surface area contributed by atoms with E-state index in [1.165, 1.54) is 0 Å². The molecule has 2 fully saturated rings. The summed E-state index contributed by atoms with van der Waals surface area (Å²) in [4.78, 5) is 0. The highest BCUT2D eigenvalue weighted by Crippen LogP contribution is 2.36. The minimum Gasteiger partial charge on any atom is -0.370 e. The van der Waals surface area contributed by atoms with Gasteiger partial charge < -0.3 is 18.7 Å². The number of rotatable bonds is 3. The Labute approximate surface area is 106 Å². The van der Waals surface area contributed by atoms with E-state index in [0.717, 1.165) is 50.4 Å². The van der Waals surface area contributed by atoms with Crippen molar-refractivity contribution in [1.29, 1.82) is 0 Å². The van der Waals surface area contributed by atoms with Crippen molar-refractivity contribution >= 4 is 0 Å². The summed E-state index contributed by atoms with van der Waals surface area (Å²) in [5.41, 5.74) is 0.893. The lowest BCUT2D eigenvalue weighted by Crippen LogP contribution is -2.37. The van der Waals surface area contributed by atoms with Crippen LogP contribution in [0.1, 0.15) is 37.1 Å². The number of nitrogens with zero attached hydrogens (tertiary/aromatic N) is 1. The second kappa shape index (κ2) is 4.99. The molecule has 100 valence electrons. The molecule has 1 saturated carbocycles. The predicted octanol–water partition coefficient (Wildman–Crippen LogP) is 2.19. The minimum atomic E-state index is -0.303. The van der Waals surface area contributed by atoms with Crippen molar-refractivity contribution in [1.82, 2.24) is 5.16 Å². The van der Waals surface area contributed by atoms with Gasteiger partial charge in [0.25, 0.3) is 0 Å². The van der Waals surface area contributed by atoms with Gasteiger partial charge in [0.05, 0.1) is 25.0 Å². The molecule has 0 unspecified atom stereocenters. The van der Waals surface area contributed by atoms with Gasteiger partial charge >= 0.3 is 0 Å². The van der Waals surface area contributed by atoms with Crippen LogP contribution in [0.5, 0.6) is 0 Å². The third-order valence-electron chi connectivity index (χ3n) is 3.65.